The van der Waals surface area contributed by atoms with Gasteiger partial charge in [-0.05, 0) is 58.1 Å². The zero-order valence-electron chi connectivity index (χ0n) is 9.67. The molecule has 0 radical (unpaired) electrons. The summed E-state index contributed by atoms with van der Waals surface area (Å²) in [5.74, 6) is -0.0732. The SMILES string of the molecule is Cc1ccsc1CNC(=O)c1cc(Br)ccc1Br. The van der Waals surface area contributed by atoms with E-state index in [1.807, 2.05) is 24.4 Å². The molecule has 1 amide bonds. The fourth-order valence-corrected chi connectivity index (χ4v) is 3.15. The average Bonchev–Trinajstić information content (AvgIpc) is 2.75. The molecule has 2 rings (SSSR count). The van der Waals surface area contributed by atoms with Crippen LogP contribution in [0.5, 0.6) is 0 Å². The summed E-state index contributed by atoms with van der Waals surface area (Å²) in [6, 6.07) is 7.61. The molecule has 0 aliphatic heterocycles. The van der Waals surface area contributed by atoms with Crippen LogP contribution in [0.3, 0.4) is 0 Å². The molecule has 0 fully saturated rings. The number of hydrogen-bond donors (Lipinski definition) is 1. The third-order valence-electron chi connectivity index (χ3n) is 2.55. The minimum atomic E-state index is -0.0732. The molecule has 0 aliphatic rings. The third kappa shape index (κ3) is 3.22. The first kappa shape index (κ1) is 13.8. The molecule has 0 atom stereocenters. The van der Waals surface area contributed by atoms with E-state index in [1.54, 1.807) is 17.4 Å². The maximum absolute atomic E-state index is 12.1. The molecule has 1 N–H and O–H groups in total. The summed E-state index contributed by atoms with van der Waals surface area (Å²) in [6.45, 7) is 2.62. The van der Waals surface area contributed by atoms with Crippen molar-refractivity contribution < 1.29 is 4.79 Å². The van der Waals surface area contributed by atoms with Crippen LogP contribution in [0.25, 0.3) is 0 Å². The van der Waals surface area contributed by atoms with Crippen LogP contribution in [0.15, 0.2) is 38.6 Å². The smallest absolute Gasteiger partial charge is 0.252 e. The van der Waals surface area contributed by atoms with Crippen LogP contribution in [-0.4, -0.2) is 5.91 Å². The molecule has 0 unspecified atom stereocenters. The molecule has 94 valence electrons. The molecule has 0 bridgehead atoms. The molecule has 5 heteroatoms. The standard InChI is InChI=1S/C13H11Br2NOS/c1-8-4-5-18-12(8)7-16-13(17)10-6-9(14)2-3-11(10)15/h2-6H,7H2,1H3,(H,16,17). The first-order valence-corrected chi connectivity index (χ1v) is 7.80. The minimum absolute atomic E-state index is 0.0732. The Kier molecular flexibility index (Phi) is 4.59. The van der Waals surface area contributed by atoms with Crippen LogP contribution >= 0.6 is 43.2 Å². The van der Waals surface area contributed by atoms with Crippen molar-refractivity contribution in [2.45, 2.75) is 13.5 Å². The number of aryl methyl sites for hydroxylation is 1. The summed E-state index contributed by atoms with van der Waals surface area (Å²) in [7, 11) is 0. The van der Waals surface area contributed by atoms with Gasteiger partial charge in [0.2, 0.25) is 0 Å². The number of hydrogen-bond acceptors (Lipinski definition) is 2. The lowest BCUT2D eigenvalue weighted by atomic mass is 10.2. The molecule has 0 saturated carbocycles. The summed E-state index contributed by atoms with van der Waals surface area (Å²) >= 11 is 8.41. The van der Waals surface area contributed by atoms with Gasteiger partial charge >= 0.3 is 0 Å². The van der Waals surface area contributed by atoms with Crippen LogP contribution in [0.4, 0.5) is 0 Å². The van der Waals surface area contributed by atoms with Gasteiger partial charge in [-0.3, -0.25) is 4.79 Å². The van der Waals surface area contributed by atoms with E-state index in [-0.39, 0.29) is 5.91 Å². The third-order valence-corrected chi connectivity index (χ3v) is 4.76. The van der Waals surface area contributed by atoms with Gasteiger partial charge in [-0.1, -0.05) is 15.9 Å². The highest BCUT2D eigenvalue weighted by molar-refractivity contribution is 9.11. The minimum Gasteiger partial charge on any atom is -0.347 e. The summed E-state index contributed by atoms with van der Waals surface area (Å²) in [4.78, 5) is 13.3. The fraction of sp³-hybridized carbons (Fsp3) is 0.154. The van der Waals surface area contributed by atoms with Crippen LogP contribution < -0.4 is 5.32 Å². The van der Waals surface area contributed by atoms with Gasteiger partial charge in [-0.25, -0.2) is 0 Å². The van der Waals surface area contributed by atoms with Crippen molar-refractivity contribution in [3.63, 3.8) is 0 Å². The lowest BCUT2D eigenvalue weighted by molar-refractivity contribution is 0.0950. The second-order valence-electron chi connectivity index (χ2n) is 3.83. The fourth-order valence-electron chi connectivity index (χ4n) is 1.51. The first-order valence-electron chi connectivity index (χ1n) is 5.34. The van der Waals surface area contributed by atoms with Crippen molar-refractivity contribution in [3.05, 3.63) is 54.6 Å². The van der Waals surface area contributed by atoms with Crippen molar-refractivity contribution in [1.82, 2.24) is 5.32 Å². The molecule has 1 aromatic carbocycles. The molecule has 18 heavy (non-hydrogen) atoms. The van der Waals surface area contributed by atoms with E-state index in [2.05, 4.69) is 43.2 Å². The number of halogens is 2. The largest absolute Gasteiger partial charge is 0.347 e. The van der Waals surface area contributed by atoms with Gasteiger partial charge in [0.15, 0.2) is 0 Å². The van der Waals surface area contributed by atoms with Gasteiger partial charge in [0, 0.05) is 13.8 Å². The lowest BCUT2D eigenvalue weighted by Crippen LogP contribution is -2.23. The second kappa shape index (κ2) is 5.99. The Labute approximate surface area is 127 Å². The number of carbonyl (C=O) groups is 1. The zero-order valence-corrected chi connectivity index (χ0v) is 13.7. The van der Waals surface area contributed by atoms with Crippen molar-refractivity contribution in [3.8, 4) is 0 Å². The van der Waals surface area contributed by atoms with Gasteiger partial charge in [0.1, 0.15) is 0 Å². The van der Waals surface area contributed by atoms with E-state index < -0.39 is 0 Å². The van der Waals surface area contributed by atoms with Gasteiger partial charge in [0.05, 0.1) is 12.1 Å². The Morgan fingerprint density at radius 1 is 1.33 bits per heavy atom. The molecular formula is C13H11Br2NOS. The van der Waals surface area contributed by atoms with Crippen LogP contribution in [-0.2, 0) is 6.54 Å². The van der Waals surface area contributed by atoms with Crippen molar-refractivity contribution >= 4 is 49.1 Å². The first-order chi connectivity index (χ1) is 8.58. The Hall–Kier alpha value is -0.650. The summed E-state index contributed by atoms with van der Waals surface area (Å²) in [6.07, 6.45) is 0. The van der Waals surface area contributed by atoms with E-state index in [0.29, 0.717) is 12.1 Å². The maximum Gasteiger partial charge on any atom is 0.252 e. The lowest BCUT2D eigenvalue weighted by Gasteiger charge is -2.07. The summed E-state index contributed by atoms with van der Waals surface area (Å²) in [5, 5.41) is 4.96. The quantitative estimate of drug-likeness (QED) is 0.823. The second-order valence-corrected chi connectivity index (χ2v) is 6.60. The van der Waals surface area contributed by atoms with Crippen molar-refractivity contribution in [2.75, 3.05) is 0 Å². The molecule has 1 aromatic heterocycles. The maximum atomic E-state index is 12.1. The Bertz CT molecular complexity index is 580. The van der Waals surface area contributed by atoms with Gasteiger partial charge in [-0.15, -0.1) is 11.3 Å². The van der Waals surface area contributed by atoms with Crippen LogP contribution in [0.1, 0.15) is 20.8 Å². The molecule has 2 aromatic rings. The number of carbonyl (C=O) groups excluding carboxylic acids is 1. The van der Waals surface area contributed by atoms with E-state index in [4.69, 9.17) is 0 Å². The number of benzene rings is 1. The van der Waals surface area contributed by atoms with E-state index in [9.17, 15) is 4.79 Å². The normalized spacial score (nSPS) is 10.4. The number of thiophene rings is 1. The summed E-state index contributed by atoms with van der Waals surface area (Å²) < 4.78 is 1.69. The van der Waals surface area contributed by atoms with E-state index in [1.165, 1.54) is 10.4 Å². The van der Waals surface area contributed by atoms with Crippen molar-refractivity contribution in [1.29, 1.82) is 0 Å². The predicted octanol–water partition coefficient (Wildman–Crippen LogP) is 4.51. The molecule has 0 saturated heterocycles. The highest BCUT2D eigenvalue weighted by Gasteiger charge is 2.11. The van der Waals surface area contributed by atoms with Gasteiger partial charge < -0.3 is 5.32 Å². The Morgan fingerprint density at radius 2 is 2.11 bits per heavy atom. The highest BCUT2D eigenvalue weighted by atomic mass is 79.9. The van der Waals surface area contributed by atoms with E-state index in [0.717, 1.165) is 8.95 Å². The number of nitrogens with one attached hydrogen (secondary N) is 1. The van der Waals surface area contributed by atoms with Crippen LogP contribution in [0.2, 0.25) is 0 Å². The van der Waals surface area contributed by atoms with Crippen molar-refractivity contribution in [2.24, 2.45) is 0 Å². The summed E-state index contributed by atoms with van der Waals surface area (Å²) in [5.41, 5.74) is 1.85. The van der Waals surface area contributed by atoms with Gasteiger partial charge in [-0.2, -0.15) is 0 Å². The topological polar surface area (TPSA) is 29.1 Å². The Balaban J connectivity index is 2.08. The molecule has 0 spiro atoms. The monoisotopic (exact) mass is 387 g/mol. The number of rotatable bonds is 3. The zero-order chi connectivity index (χ0) is 13.1. The van der Waals surface area contributed by atoms with Gasteiger partial charge in [0.25, 0.3) is 5.91 Å². The predicted molar refractivity (Wildman–Crippen MR) is 82.1 cm³/mol. The average molecular weight is 389 g/mol. The Morgan fingerprint density at radius 3 is 2.78 bits per heavy atom. The molecule has 2 nitrogen and oxygen atoms in total. The molecule has 1 heterocycles. The number of amides is 1. The van der Waals surface area contributed by atoms with Crippen LogP contribution in [0, 0.1) is 6.92 Å². The highest BCUT2D eigenvalue weighted by Crippen LogP contribution is 2.22. The molecule has 0 aliphatic carbocycles. The van der Waals surface area contributed by atoms with E-state index >= 15 is 0 Å². The molecular weight excluding hydrogens is 378 g/mol.